The number of aliphatic hydroxyl groups is 1. The quantitative estimate of drug-likeness (QED) is 0.711. The van der Waals surface area contributed by atoms with Crippen molar-refractivity contribution in [3.8, 4) is 0 Å². The highest BCUT2D eigenvalue weighted by Gasteiger charge is 2.25. The Kier molecular flexibility index (Phi) is 4.50. The predicted octanol–water partition coefficient (Wildman–Crippen LogP) is 1.85. The van der Waals surface area contributed by atoms with Gasteiger partial charge in [0.2, 0.25) is 0 Å². The number of nitrogens with zero attached hydrogens (tertiary/aromatic N) is 1. The van der Waals surface area contributed by atoms with Crippen LogP contribution in [0.25, 0.3) is 0 Å². The zero-order valence-electron chi connectivity index (χ0n) is 8.54. The van der Waals surface area contributed by atoms with Gasteiger partial charge in [0.25, 0.3) is 0 Å². The van der Waals surface area contributed by atoms with Crippen molar-refractivity contribution >= 4 is 11.6 Å². The molecule has 0 unspecified atom stereocenters. The van der Waals surface area contributed by atoms with Crippen LogP contribution in [0.15, 0.2) is 0 Å². The smallest absolute Gasteiger partial charge is 0.0802 e. The monoisotopic (exact) mass is 205 g/mol. The lowest BCUT2D eigenvalue weighted by atomic mass is 9.97. The first-order valence-corrected chi connectivity index (χ1v) is 5.68. The van der Waals surface area contributed by atoms with Crippen LogP contribution in [0.2, 0.25) is 0 Å². The fraction of sp³-hybridized carbons (Fsp3) is 1.00. The highest BCUT2D eigenvalue weighted by molar-refractivity contribution is 6.18. The van der Waals surface area contributed by atoms with Gasteiger partial charge in [-0.2, -0.15) is 0 Å². The van der Waals surface area contributed by atoms with E-state index in [-0.39, 0.29) is 6.10 Å². The number of alkyl halides is 1. The van der Waals surface area contributed by atoms with Crippen molar-refractivity contribution in [2.75, 3.05) is 12.4 Å². The van der Waals surface area contributed by atoms with Crippen molar-refractivity contribution in [1.29, 1.82) is 0 Å². The van der Waals surface area contributed by atoms with E-state index >= 15 is 0 Å². The number of β-amino-alcohol motifs (C(OH)–C–C–N with tert-alkyl or cyclic N) is 1. The highest BCUT2D eigenvalue weighted by Crippen LogP contribution is 2.22. The van der Waals surface area contributed by atoms with E-state index in [4.69, 9.17) is 11.6 Å². The lowest BCUT2D eigenvalue weighted by Crippen LogP contribution is -2.47. The first-order valence-electron chi connectivity index (χ1n) is 5.15. The van der Waals surface area contributed by atoms with E-state index in [1.165, 1.54) is 19.3 Å². The third kappa shape index (κ3) is 3.12. The van der Waals surface area contributed by atoms with Crippen LogP contribution < -0.4 is 0 Å². The molecular formula is C10H20ClNO. The van der Waals surface area contributed by atoms with Gasteiger partial charge in [0.05, 0.1) is 6.10 Å². The molecule has 1 aliphatic rings. The largest absolute Gasteiger partial charge is 0.391 e. The number of hydrogen-bond acceptors (Lipinski definition) is 2. The summed E-state index contributed by atoms with van der Waals surface area (Å²) in [7, 11) is 0. The molecule has 2 nitrogen and oxygen atoms in total. The van der Waals surface area contributed by atoms with Gasteiger partial charge in [-0.1, -0.05) is 6.42 Å². The van der Waals surface area contributed by atoms with Gasteiger partial charge in [-0.25, -0.2) is 0 Å². The molecule has 13 heavy (non-hydrogen) atoms. The average molecular weight is 206 g/mol. The van der Waals surface area contributed by atoms with Gasteiger partial charge in [0.1, 0.15) is 0 Å². The molecule has 1 saturated heterocycles. The summed E-state index contributed by atoms with van der Waals surface area (Å²) in [4.78, 5) is 2.37. The Hall–Kier alpha value is 0.210. The maximum Gasteiger partial charge on any atom is 0.0802 e. The van der Waals surface area contributed by atoms with E-state index in [0.717, 1.165) is 6.54 Å². The van der Waals surface area contributed by atoms with Crippen LogP contribution in [0.3, 0.4) is 0 Å². The van der Waals surface area contributed by atoms with Crippen LogP contribution >= 0.6 is 11.6 Å². The molecule has 0 aromatic carbocycles. The van der Waals surface area contributed by atoms with Gasteiger partial charge < -0.3 is 5.11 Å². The molecule has 0 aromatic rings. The predicted molar refractivity (Wildman–Crippen MR) is 56.2 cm³/mol. The first-order chi connectivity index (χ1) is 6.15. The second kappa shape index (κ2) is 5.18. The fourth-order valence-corrected chi connectivity index (χ4v) is 2.22. The van der Waals surface area contributed by atoms with Gasteiger partial charge >= 0.3 is 0 Å². The zero-order chi connectivity index (χ0) is 9.84. The van der Waals surface area contributed by atoms with E-state index < -0.39 is 0 Å². The molecule has 1 N–H and O–H groups in total. The first kappa shape index (κ1) is 11.3. The average Bonchev–Trinajstić information content (AvgIpc) is 2.11. The van der Waals surface area contributed by atoms with Gasteiger partial charge in [0.15, 0.2) is 0 Å². The van der Waals surface area contributed by atoms with Crippen molar-refractivity contribution in [3.05, 3.63) is 0 Å². The van der Waals surface area contributed by atoms with E-state index in [9.17, 15) is 5.11 Å². The van der Waals surface area contributed by atoms with E-state index in [1.54, 1.807) is 0 Å². The number of likely N-dealkylation sites (tertiary alicyclic amines) is 1. The molecule has 0 spiro atoms. The second-order valence-electron chi connectivity index (χ2n) is 4.13. The Labute approximate surface area is 85.9 Å². The fourth-order valence-electron chi connectivity index (χ4n) is 2.13. The summed E-state index contributed by atoms with van der Waals surface area (Å²) >= 11 is 5.59. The van der Waals surface area contributed by atoms with Crippen molar-refractivity contribution in [1.82, 2.24) is 4.90 Å². The molecule has 0 amide bonds. The molecule has 1 fully saturated rings. The number of hydrogen-bond donors (Lipinski definition) is 1. The van der Waals surface area contributed by atoms with E-state index in [0.29, 0.717) is 18.0 Å². The molecule has 0 bridgehead atoms. The summed E-state index contributed by atoms with van der Waals surface area (Å²) in [6.45, 7) is 5.19. The Morgan fingerprint density at radius 1 is 1.38 bits per heavy atom. The minimum atomic E-state index is -0.371. The minimum absolute atomic E-state index is 0.343. The number of rotatable bonds is 3. The molecule has 1 heterocycles. The van der Waals surface area contributed by atoms with E-state index in [2.05, 4.69) is 18.7 Å². The minimum Gasteiger partial charge on any atom is -0.391 e. The summed E-state index contributed by atoms with van der Waals surface area (Å²) in [5.74, 6) is 0.343. The van der Waals surface area contributed by atoms with Crippen LogP contribution in [-0.4, -0.2) is 40.6 Å². The van der Waals surface area contributed by atoms with Crippen LogP contribution in [0.4, 0.5) is 0 Å². The van der Waals surface area contributed by atoms with Crippen LogP contribution in [0, 0.1) is 0 Å². The van der Waals surface area contributed by atoms with Gasteiger partial charge in [-0.3, -0.25) is 4.90 Å². The Morgan fingerprint density at radius 3 is 2.38 bits per heavy atom. The zero-order valence-corrected chi connectivity index (χ0v) is 9.30. The van der Waals surface area contributed by atoms with Crippen molar-refractivity contribution in [3.63, 3.8) is 0 Å². The molecule has 0 radical (unpaired) electrons. The summed E-state index contributed by atoms with van der Waals surface area (Å²) in [6, 6.07) is 1.20. The summed E-state index contributed by atoms with van der Waals surface area (Å²) in [5.41, 5.74) is 0. The molecule has 0 aliphatic carbocycles. The molecular weight excluding hydrogens is 186 g/mol. The summed E-state index contributed by atoms with van der Waals surface area (Å²) in [5, 5.41) is 9.47. The van der Waals surface area contributed by atoms with Crippen LogP contribution in [-0.2, 0) is 0 Å². The summed E-state index contributed by atoms with van der Waals surface area (Å²) < 4.78 is 0. The summed E-state index contributed by atoms with van der Waals surface area (Å²) in [6.07, 6.45) is 3.44. The normalized spacial score (nSPS) is 33.2. The van der Waals surface area contributed by atoms with E-state index in [1.807, 2.05) is 0 Å². The molecule has 3 atom stereocenters. The third-order valence-corrected chi connectivity index (χ3v) is 3.33. The van der Waals surface area contributed by atoms with Crippen molar-refractivity contribution in [2.24, 2.45) is 0 Å². The van der Waals surface area contributed by atoms with Crippen LogP contribution in [0.1, 0.15) is 33.1 Å². The molecule has 1 aliphatic heterocycles. The van der Waals surface area contributed by atoms with Crippen LogP contribution in [0.5, 0.6) is 0 Å². The molecule has 3 heteroatoms. The maximum absolute atomic E-state index is 9.47. The lowest BCUT2D eigenvalue weighted by Gasteiger charge is -2.39. The Morgan fingerprint density at radius 2 is 1.92 bits per heavy atom. The Balaban J connectivity index is 2.43. The van der Waals surface area contributed by atoms with Gasteiger partial charge in [0, 0.05) is 24.5 Å². The molecule has 78 valence electrons. The van der Waals surface area contributed by atoms with Gasteiger partial charge in [-0.15, -0.1) is 11.6 Å². The van der Waals surface area contributed by atoms with Crippen molar-refractivity contribution < 1.29 is 5.11 Å². The molecule has 1 rings (SSSR count). The number of halogens is 1. The maximum atomic E-state index is 9.47. The SMILES string of the molecule is C[C@@H]1CCC[C@H](C)N1C[C@@H](O)CCl. The second-order valence-corrected chi connectivity index (χ2v) is 4.44. The standard InChI is InChI=1S/C10H20ClNO/c1-8-4-3-5-9(2)12(8)7-10(13)6-11/h8-10,13H,3-7H2,1-2H3/t8-,9+,10-/m0/s1. The van der Waals surface area contributed by atoms with Gasteiger partial charge in [-0.05, 0) is 26.7 Å². The van der Waals surface area contributed by atoms with Crippen molar-refractivity contribution in [2.45, 2.75) is 51.3 Å². The Bertz CT molecular complexity index is 144. The number of aliphatic hydroxyl groups excluding tert-OH is 1. The molecule has 0 saturated carbocycles. The lowest BCUT2D eigenvalue weighted by molar-refractivity contribution is 0.0502. The topological polar surface area (TPSA) is 23.5 Å². The third-order valence-electron chi connectivity index (χ3n) is 2.98. The highest BCUT2D eigenvalue weighted by atomic mass is 35.5. The number of piperidine rings is 1. The molecule has 0 aromatic heterocycles.